The van der Waals surface area contributed by atoms with Crippen LogP contribution in [0.15, 0.2) is 17.1 Å². The molecule has 0 fully saturated rings. The molecule has 0 spiro atoms. The molecule has 132 valence electrons. The molecule has 0 bridgehead atoms. The van der Waals surface area contributed by atoms with E-state index < -0.39 is 5.25 Å². The summed E-state index contributed by atoms with van der Waals surface area (Å²) in [5.74, 6) is -0.198. The highest BCUT2D eigenvalue weighted by Crippen LogP contribution is 2.30. The summed E-state index contributed by atoms with van der Waals surface area (Å²) in [4.78, 5) is 29.6. The fraction of sp³-hybridized carbons (Fsp3) is 0.562. The van der Waals surface area contributed by atoms with Crippen molar-refractivity contribution in [2.75, 3.05) is 27.4 Å². The molecule has 1 aliphatic rings. The van der Waals surface area contributed by atoms with E-state index in [1.165, 1.54) is 37.3 Å². The van der Waals surface area contributed by atoms with Gasteiger partial charge in [0.25, 0.3) is 0 Å². The average Bonchev–Trinajstić information content (AvgIpc) is 3.08. The highest BCUT2D eigenvalue weighted by molar-refractivity contribution is 8.02. The smallest absolute Gasteiger partial charge is 0.348 e. The van der Waals surface area contributed by atoms with Crippen molar-refractivity contribution in [3.63, 3.8) is 0 Å². The van der Waals surface area contributed by atoms with E-state index in [4.69, 9.17) is 14.2 Å². The maximum absolute atomic E-state index is 11.8. The molecular weight excluding hydrogens is 350 g/mol. The molecule has 2 atom stereocenters. The molecule has 1 aliphatic heterocycles. The number of esters is 2. The van der Waals surface area contributed by atoms with Gasteiger partial charge >= 0.3 is 11.9 Å². The van der Waals surface area contributed by atoms with Crippen LogP contribution in [0, 0.1) is 0 Å². The summed E-state index contributed by atoms with van der Waals surface area (Å²) >= 11 is 2.97. The monoisotopic (exact) mass is 371 g/mol. The fourth-order valence-corrected chi connectivity index (χ4v) is 4.50. The van der Waals surface area contributed by atoms with Gasteiger partial charge in [0.2, 0.25) is 5.90 Å². The SMILES string of the molecule is CCOC(=O)c1ccc(CCC2CN=C(OC)C(C(=O)OC)S2)s1. The van der Waals surface area contributed by atoms with Crippen LogP contribution in [0.1, 0.15) is 27.9 Å². The molecule has 0 aliphatic carbocycles. The summed E-state index contributed by atoms with van der Waals surface area (Å²) in [6, 6.07) is 3.75. The van der Waals surface area contributed by atoms with E-state index in [1.807, 2.05) is 6.07 Å². The van der Waals surface area contributed by atoms with Crippen LogP contribution in [-0.4, -0.2) is 55.7 Å². The van der Waals surface area contributed by atoms with E-state index in [9.17, 15) is 9.59 Å². The Morgan fingerprint density at radius 1 is 1.33 bits per heavy atom. The predicted octanol–water partition coefficient (Wildman–Crippen LogP) is 2.56. The lowest BCUT2D eigenvalue weighted by molar-refractivity contribution is -0.138. The third-order valence-corrected chi connectivity index (χ3v) is 6.04. The molecule has 1 aromatic rings. The second-order valence-corrected chi connectivity index (χ2v) is 7.65. The van der Waals surface area contributed by atoms with Gasteiger partial charge in [-0.05, 0) is 31.9 Å². The molecule has 0 aromatic carbocycles. The summed E-state index contributed by atoms with van der Waals surface area (Å²) in [6.07, 6.45) is 1.69. The Labute approximate surface area is 149 Å². The minimum Gasteiger partial charge on any atom is -0.483 e. The zero-order valence-corrected chi connectivity index (χ0v) is 15.6. The first-order chi connectivity index (χ1) is 11.6. The number of nitrogens with zero attached hydrogens (tertiary/aromatic N) is 1. The van der Waals surface area contributed by atoms with Crippen molar-refractivity contribution < 1.29 is 23.8 Å². The second-order valence-electron chi connectivity index (χ2n) is 5.07. The van der Waals surface area contributed by atoms with Gasteiger partial charge in [-0.15, -0.1) is 23.1 Å². The van der Waals surface area contributed by atoms with Crippen LogP contribution in [0.3, 0.4) is 0 Å². The van der Waals surface area contributed by atoms with Gasteiger partial charge in [0.1, 0.15) is 4.88 Å². The number of methoxy groups -OCH3 is 2. The highest BCUT2D eigenvalue weighted by Gasteiger charge is 2.33. The molecule has 2 heterocycles. The molecule has 0 amide bonds. The van der Waals surface area contributed by atoms with E-state index in [-0.39, 0.29) is 17.2 Å². The van der Waals surface area contributed by atoms with Gasteiger partial charge in [0, 0.05) is 10.1 Å². The van der Waals surface area contributed by atoms with E-state index in [0.717, 1.165) is 17.7 Å². The van der Waals surface area contributed by atoms with Gasteiger partial charge in [0.05, 0.1) is 27.4 Å². The molecule has 6 nitrogen and oxygen atoms in total. The second kappa shape index (κ2) is 9.08. The Balaban J connectivity index is 1.92. The number of hydrogen-bond donors (Lipinski definition) is 0. The van der Waals surface area contributed by atoms with Crippen LogP contribution in [0.4, 0.5) is 0 Å². The number of thiophene rings is 1. The molecule has 0 radical (unpaired) electrons. The number of carbonyl (C=O) groups is 2. The van der Waals surface area contributed by atoms with Crippen molar-refractivity contribution in [1.29, 1.82) is 0 Å². The predicted molar refractivity (Wildman–Crippen MR) is 95.1 cm³/mol. The van der Waals surface area contributed by atoms with Gasteiger partial charge in [-0.2, -0.15) is 0 Å². The van der Waals surface area contributed by atoms with E-state index in [2.05, 4.69) is 4.99 Å². The Morgan fingerprint density at radius 3 is 2.79 bits per heavy atom. The van der Waals surface area contributed by atoms with Crippen molar-refractivity contribution in [2.24, 2.45) is 4.99 Å². The van der Waals surface area contributed by atoms with Gasteiger partial charge in [-0.25, -0.2) is 4.79 Å². The molecule has 2 rings (SSSR count). The Bertz CT molecular complexity index is 613. The molecule has 24 heavy (non-hydrogen) atoms. The zero-order valence-electron chi connectivity index (χ0n) is 13.9. The third-order valence-electron chi connectivity index (χ3n) is 3.48. The van der Waals surface area contributed by atoms with Crippen molar-refractivity contribution >= 4 is 40.9 Å². The molecule has 2 unspecified atom stereocenters. The van der Waals surface area contributed by atoms with Crippen LogP contribution in [0.5, 0.6) is 0 Å². The number of carbonyl (C=O) groups excluding carboxylic acids is 2. The fourth-order valence-electron chi connectivity index (χ4n) is 2.29. The standard InChI is InChI=1S/C16H21NO5S2/c1-4-22-15(18)12-8-7-10(23-12)5-6-11-9-17-14(20-2)13(24-11)16(19)21-3/h7-8,11,13H,4-6,9H2,1-3H3. The largest absolute Gasteiger partial charge is 0.483 e. The average molecular weight is 371 g/mol. The minimum absolute atomic E-state index is 0.209. The van der Waals surface area contributed by atoms with Crippen LogP contribution in [0.2, 0.25) is 0 Å². The van der Waals surface area contributed by atoms with Crippen molar-refractivity contribution in [2.45, 2.75) is 30.3 Å². The van der Waals surface area contributed by atoms with Crippen LogP contribution in [-0.2, 0) is 25.4 Å². The van der Waals surface area contributed by atoms with E-state index in [1.54, 1.807) is 13.0 Å². The number of thioether (sulfide) groups is 1. The maximum atomic E-state index is 11.8. The lowest BCUT2D eigenvalue weighted by Gasteiger charge is -2.25. The number of aliphatic imine (C=N–C) groups is 1. The highest BCUT2D eigenvalue weighted by atomic mass is 32.2. The first-order valence-corrected chi connectivity index (χ1v) is 9.42. The quantitative estimate of drug-likeness (QED) is 0.716. The van der Waals surface area contributed by atoms with E-state index >= 15 is 0 Å². The van der Waals surface area contributed by atoms with Crippen LogP contribution >= 0.6 is 23.1 Å². The van der Waals surface area contributed by atoms with Gasteiger partial charge in [0.15, 0.2) is 5.25 Å². The van der Waals surface area contributed by atoms with Crippen LogP contribution in [0.25, 0.3) is 0 Å². The Morgan fingerprint density at radius 2 is 2.12 bits per heavy atom. The molecular formula is C16H21NO5S2. The molecule has 0 saturated heterocycles. The van der Waals surface area contributed by atoms with E-state index in [0.29, 0.717) is 23.9 Å². The first kappa shape index (κ1) is 18.8. The number of hydrogen-bond acceptors (Lipinski definition) is 8. The molecule has 0 saturated carbocycles. The minimum atomic E-state index is -0.503. The summed E-state index contributed by atoms with van der Waals surface area (Å²) in [5.41, 5.74) is 0. The summed E-state index contributed by atoms with van der Waals surface area (Å²) in [7, 11) is 2.88. The van der Waals surface area contributed by atoms with Crippen molar-refractivity contribution in [3.05, 3.63) is 21.9 Å². The summed E-state index contributed by atoms with van der Waals surface area (Å²) in [5, 5.41) is -0.293. The number of ether oxygens (including phenoxy) is 3. The Kier molecular flexibility index (Phi) is 7.11. The zero-order chi connectivity index (χ0) is 17.5. The number of rotatable bonds is 6. The van der Waals surface area contributed by atoms with Crippen molar-refractivity contribution in [3.8, 4) is 0 Å². The molecule has 8 heteroatoms. The molecule has 0 N–H and O–H groups in total. The van der Waals surface area contributed by atoms with Crippen LogP contribution < -0.4 is 0 Å². The van der Waals surface area contributed by atoms with Gasteiger partial charge in [-0.1, -0.05) is 0 Å². The lowest BCUT2D eigenvalue weighted by atomic mass is 10.2. The number of aryl methyl sites for hydroxylation is 1. The van der Waals surface area contributed by atoms with Crippen molar-refractivity contribution in [1.82, 2.24) is 0 Å². The maximum Gasteiger partial charge on any atom is 0.348 e. The topological polar surface area (TPSA) is 74.2 Å². The summed E-state index contributed by atoms with van der Waals surface area (Å²) < 4.78 is 15.0. The lowest BCUT2D eigenvalue weighted by Crippen LogP contribution is -2.36. The summed E-state index contributed by atoms with van der Waals surface area (Å²) in [6.45, 7) is 2.77. The molecule has 1 aromatic heterocycles. The van der Waals surface area contributed by atoms with Gasteiger partial charge in [-0.3, -0.25) is 9.79 Å². The third kappa shape index (κ3) is 4.73. The Hall–Kier alpha value is -1.54. The van der Waals surface area contributed by atoms with Gasteiger partial charge < -0.3 is 14.2 Å². The first-order valence-electron chi connectivity index (χ1n) is 7.66. The normalized spacial score (nSPS) is 20.2.